The third-order valence-electron chi connectivity index (χ3n) is 4.09. The summed E-state index contributed by atoms with van der Waals surface area (Å²) < 4.78 is 14.2. The summed E-state index contributed by atoms with van der Waals surface area (Å²) in [6.07, 6.45) is 2.74. The summed E-state index contributed by atoms with van der Waals surface area (Å²) in [6, 6.07) is 5.69. The van der Waals surface area contributed by atoms with Crippen molar-refractivity contribution in [3.05, 3.63) is 35.8 Å². The molecule has 2 aromatic rings. The second-order valence-corrected chi connectivity index (χ2v) is 5.91. The highest BCUT2D eigenvalue weighted by Gasteiger charge is 2.24. The Kier molecular flexibility index (Phi) is 3.34. The zero-order valence-electron chi connectivity index (χ0n) is 11.9. The quantitative estimate of drug-likeness (QED) is 0.868. The predicted octanol–water partition coefficient (Wildman–Crippen LogP) is 2.86. The van der Waals surface area contributed by atoms with E-state index in [1.165, 1.54) is 0 Å². The van der Waals surface area contributed by atoms with Crippen LogP contribution in [0.1, 0.15) is 18.9 Å². The molecule has 1 aliphatic heterocycles. The molecule has 0 radical (unpaired) electrons. The number of piperidine rings is 1. The van der Waals surface area contributed by atoms with Gasteiger partial charge < -0.3 is 10.6 Å². The first-order chi connectivity index (χ1) is 9.56. The largest absolute Gasteiger partial charge is 0.369 e. The van der Waals surface area contributed by atoms with Gasteiger partial charge in [-0.05, 0) is 37.5 Å². The van der Waals surface area contributed by atoms with Crippen molar-refractivity contribution in [3.63, 3.8) is 0 Å². The van der Waals surface area contributed by atoms with Crippen LogP contribution in [0.5, 0.6) is 0 Å². The molecule has 0 saturated carbocycles. The lowest BCUT2D eigenvalue weighted by molar-refractivity contribution is 0.402. The third-order valence-corrected chi connectivity index (χ3v) is 4.09. The minimum Gasteiger partial charge on any atom is -0.369 e. The highest BCUT2D eigenvalue weighted by atomic mass is 19.1. The summed E-state index contributed by atoms with van der Waals surface area (Å²) in [7, 11) is 0. The second-order valence-electron chi connectivity index (χ2n) is 5.91. The molecule has 1 fully saturated rings. The summed E-state index contributed by atoms with van der Waals surface area (Å²) in [5, 5.41) is 1.01. The Morgan fingerprint density at radius 2 is 2.20 bits per heavy atom. The fourth-order valence-electron chi connectivity index (χ4n) is 3.19. The maximum Gasteiger partial charge on any atom is 0.130 e. The van der Waals surface area contributed by atoms with Crippen molar-refractivity contribution in [2.24, 2.45) is 11.7 Å². The van der Waals surface area contributed by atoms with Gasteiger partial charge in [-0.1, -0.05) is 6.92 Å². The molecule has 1 aromatic heterocycles. The molecular weight excluding hydrogens is 253 g/mol. The monoisotopic (exact) mass is 273 g/mol. The Hall–Kier alpha value is -1.68. The highest BCUT2D eigenvalue weighted by molar-refractivity contribution is 5.94. The Morgan fingerprint density at radius 3 is 2.95 bits per heavy atom. The average Bonchev–Trinajstić information content (AvgIpc) is 2.42. The van der Waals surface area contributed by atoms with Gasteiger partial charge in [0.05, 0.1) is 5.52 Å². The summed E-state index contributed by atoms with van der Waals surface area (Å²) in [5.74, 6) is 0.327. The molecule has 0 aliphatic carbocycles. The average molecular weight is 273 g/mol. The molecule has 106 valence electrons. The van der Waals surface area contributed by atoms with Gasteiger partial charge in [0.2, 0.25) is 0 Å². The molecule has 1 saturated heterocycles. The van der Waals surface area contributed by atoms with E-state index in [1.807, 2.05) is 12.1 Å². The number of hydrogen-bond acceptors (Lipinski definition) is 3. The van der Waals surface area contributed by atoms with E-state index in [9.17, 15) is 4.39 Å². The zero-order chi connectivity index (χ0) is 14.3. The SMILES string of the molecule is Cc1c(F)cc(N2C[C@@H](C)C[C@@H](N)C2)c2cccnc12. The normalized spacial score (nSPS) is 23.3. The lowest BCUT2D eigenvalue weighted by Crippen LogP contribution is -2.46. The van der Waals surface area contributed by atoms with E-state index in [4.69, 9.17) is 5.73 Å². The van der Waals surface area contributed by atoms with Crippen LogP contribution in [0.4, 0.5) is 10.1 Å². The number of rotatable bonds is 1. The molecule has 0 unspecified atom stereocenters. The van der Waals surface area contributed by atoms with Crippen molar-refractivity contribution in [3.8, 4) is 0 Å². The number of halogens is 1. The van der Waals surface area contributed by atoms with E-state index >= 15 is 0 Å². The van der Waals surface area contributed by atoms with Crippen LogP contribution in [0.15, 0.2) is 24.4 Å². The maximum atomic E-state index is 14.2. The van der Waals surface area contributed by atoms with E-state index in [-0.39, 0.29) is 11.9 Å². The Labute approximate surface area is 118 Å². The minimum atomic E-state index is -0.196. The number of anilines is 1. The molecule has 0 amide bonds. The number of pyridine rings is 1. The van der Waals surface area contributed by atoms with Crippen molar-refractivity contribution in [1.29, 1.82) is 0 Å². The molecule has 3 nitrogen and oxygen atoms in total. The first kappa shape index (κ1) is 13.3. The van der Waals surface area contributed by atoms with Crippen molar-refractivity contribution >= 4 is 16.6 Å². The van der Waals surface area contributed by atoms with Crippen LogP contribution in [0.25, 0.3) is 10.9 Å². The van der Waals surface area contributed by atoms with E-state index in [1.54, 1.807) is 19.2 Å². The van der Waals surface area contributed by atoms with Gasteiger partial charge in [0.1, 0.15) is 5.82 Å². The van der Waals surface area contributed by atoms with Crippen LogP contribution in [0.2, 0.25) is 0 Å². The second kappa shape index (κ2) is 5.02. The molecule has 2 atom stereocenters. The molecule has 1 aliphatic rings. The molecule has 0 spiro atoms. The Balaban J connectivity index is 2.13. The summed E-state index contributed by atoms with van der Waals surface area (Å²) in [4.78, 5) is 6.54. The first-order valence-corrected chi connectivity index (χ1v) is 7.10. The van der Waals surface area contributed by atoms with Gasteiger partial charge in [-0.15, -0.1) is 0 Å². The van der Waals surface area contributed by atoms with E-state index in [2.05, 4.69) is 16.8 Å². The maximum absolute atomic E-state index is 14.2. The lowest BCUT2D eigenvalue weighted by atomic mass is 9.95. The van der Waals surface area contributed by atoms with Crippen molar-refractivity contribution in [2.45, 2.75) is 26.3 Å². The van der Waals surface area contributed by atoms with Gasteiger partial charge >= 0.3 is 0 Å². The lowest BCUT2D eigenvalue weighted by Gasteiger charge is -2.37. The van der Waals surface area contributed by atoms with Gasteiger partial charge in [0, 0.05) is 42.0 Å². The number of aryl methyl sites for hydroxylation is 1. The van der Waals surface area contributed by atoms with Crippen LogP contribution < -0.4 is 10.6 Å². The van der Waals surface area contributed by atoms with E-state index in [0.29, 0.717) is 11.5 Å². The van der Waals surface area contributed by atoms with Crippen LogP contribution in [0, 0.1) is 18.7 Å². The number of hydrogen-bond donors (Lipinski definition) is 1. The van der Waals surface area contributed by atoms with Crippen LogP contribution in [0.3, 0.4) is 0 Å². The topological polar surface area (TPSA) is 42.1 Å². The molecule has 1 aromatic carbocycles. The van der Waals surface area contributed by atoms with Crippen LogP contribution >= 0.6 is 0 Å². The number of aromatic nitrogens is 1. The van der Waals surface area contributed by atoms with E-state index < -0.39 is 0 Å². The number of benzene rings is 1. The smallest absolute Gasteiger partial charge is 0.130 e. The van der Waals surface area contributed by atoms with Crippen LogP contribution in [-0.2, 0) is 0 Å². The molecule has 2 heterocycles. The standard InChI is InChI=1S/C16H20FN3/c1-10-6-12(18)9-20(8-10)15-7-14(17)11(2)16-13(15)4-3-5-19-16/h3-5,7,10,12H,6,8-9,18H2,1-2H3/t10-,12+/m0/s1. The molecule has 4 heteroatoms. The first-order valence-electron chi connectivity index (χ1n) is 7.10. The summed E-state index contributed by atoms with van der Waals surface area (Å²) in [6.45, 7) is 5.66. The predicted molar refractivity (Wildman–Crippen MR) is 80.4 cm³/mol. The molecule has 3 rings (SSSR count). The van der Waals surface area contributed by atoms with Gasteiger partial charge in [0.15, 0.2) is 0 Å². The minimum absolute atomic E-state index is 0.148. The fraction of sp³-hybridized carbons (Fsp3) is 0.438. The fourth-order valence-corrected chi connectivity index (χ4v) is 3.19. The van der Waals surface area contributed by atoms with Gasteiger partial charge in [-0.25, -0.2) is 4.39 Å². The van der Waals surface area contributed by atoms with Gasteiger partial charge in [-0.3, -0.25) is 4.98 Å². The van der Waals surface area contributed by atoms with Gasteiger partial charge in [0.25, 0.3) is 0 Å². The van der Waals surface area contributed by atoms with Crippen molar-refractivity contribution in [2.75, 3.05) is 18.0 Å². The number of fused-ring (bicyclic) bond motifs is 1. The van der Waals surface area contributed by atoms with E-state index in [0.717, 1.165) is 36.1 Å². The van der Waals surface area contributed by atoms with Crippen molar-refractivity contribution < 1.29 is 4.39 Å². The Bertz CT molecular complexity index is 631. The number of nitrogens with two attached hydrogens (primary N) is 1. The molecular formula is C16H20FN3. The summed E-state index contributed by atoms with van der Waals surface area (Å²) >= 11 is 0. The third kappa shape index (κ3) is 2.24. The Morgan fingerprint density at radius 1 is 1.40 bits per heavy atom. The van der Waals surface area contributed by atoms with Gasteiger partial charge in [-0.2, -0.15) is 0 Å². The number of nitrogens with zero attached hydrogens (tertiary/aromatic N) is 2. The molecule has 20 heavy (non-hydrogen) atoms. The highest BCUT2D eigenvalue weighted by Crippen LogP contribution is 2.32. The summed E-state index contributed by atoms with van der Waals surface area (Å²) in [5.41, 5.74) is 8.38. The zero-order valence-corrected chi connectivity index (χ0v) is 11.9. The van der Waals surface area contributed by atoms with Crippen LogP contribution in [-0.4, -0.2) is 24.1 Å². The molecule has 2 N–H and O–H groups in total. The van der Waals surface area contributed by atoms with Crippen molar-refractivity contribution in [1.82, 2.24) is 4.98 Å². The molecule has 0 bridgehead atoms.